The van der Waals surface area contributed by atoms with E-state index in [2.05, 4.69) is 19.6 Å². The SMILES string of the molecule is C[Si](C)(C)/C(=C\C(=O)c1ccccc1)SCc1ccco1. The molecular weight excluding hydrogens is 296 g/mol. The topological polar surface area (TPSA) is 30.2 Å². The first kappa shape index (κ1) is 15.9. The van der Waals surface area contributed by atoms with Crippen molar-refractivity contribution in [2.24, 2.45) is 0 Å². The highest BCUT2D eigenvalue weighted by atomic mass is 32.2. The maximum atomic E-state index is 12.4. The van der Waals surface area contributed by atoms with Gasteiger partial charge >= 0.3 is 0 Å². The monoisotopic (exact) mass is 316 g/mol. The molecule has 0 aliphatic heterocycles. The molecule has 0 aliphatic rings. The Morgan fingerprint density at radius 1 is 1.14 bits per heavy atom. The zero-order valence-electron chi connectivity index (χ0n) is 12.6. The quantitative estimate of drug-likeness (QED) is 0.419. The molecule has 2 nitrogen and oxygen atoms in total. The fourth-order valence-electron chi connectivity index (χ4n) is 1.82. The molecule has 0 radical (unpaired) electrons. The molecule has 1 aromatic carbocycles. The molecular formula is C17H20O2SSi. The predicted molar refractivity (Wildman–Crippen MR) is 92.2 cm³/mol. The summed E-state index contributed by atoms with van der Waals surface area (Å²) in [6.45, 7) is 6.77. The molecule has 0 aliphatic carbocycles. The number of allylic oxidation sites excluding steroid dienone is 1. The maximum Gasteiger partial charge on any atom is 0.186 e. The van der Waals surface area contributed by atoms with Crippen LogP contribution in [0.3, 0.4) is 0 Å². The van der Waals surface area contributed by atoms with Gasteiger partial charge in [0.05, 0.1) is 20.1 Å². The molecule has 0 spiro atoms. The van der Waals surface area contributed by atoms with E-state index in [0.717, 1.165) is 17.1 Å². The molecule has 2 aromatic rings. The first-order chi connectivity index (χ1) is 9.97. The molecule has 0 saturated carbocycles. The minimum atomic E-state index is -1.55. The Labute approximate surface area is 131 Å². The van der Waals surface area contributed by atoms with Gasteiger partial charge in [-0.2, -0.15) is 0 Å². The van der Waals surface area contributed by atoms with Gasteiger partial charge in [-0.1, -0.05) is 50.0 Å². The van der Waals surface area contributed by atoms with Crippen LogP contribution in [0, 0.1) is 0 Å². The number of carbonyl (C=O) groups is 1. The molecule has 21 heavy (non-hydrogen) atoms. The van der Waals surface area contributed by atoms with E-state index in [0.29, 0.717) is 0 Å². The van der Waals surface area contributed by atoms with Crippen LogP contribution in [-0.4, -0.2) is 13.9 Å². The lowest BCUT2D eigenvalue weighted by molar-refractivity contribution is 0.104. The van der Waals surface area contributed by atoms with E-state index in [-0.39, 0.29) is 5.78 Å². The number of carbonyl (C=O) groups excluding carboxylic acids is 1. The number of ketones is 1. The molecule has 1 heterocycles. The van der Waals surface area contributed by atoms with E-state index < -0.39 is 8.07 Å². The minimum Gasteiger partial charge on any atom is -0.468 e. The molecule has 4 heteroatoms. The van der Waals surface area contributed by atoms with Crippen LogP contribution in [0.2, 0.25) is 19.6 Å². The van der Waals surface area contributed by atoms with E-state index in [9.17, 15) is 4.79 Å². The molecule has 0 bridgehead atoms. The summed E-state index contributed by atoms with van der Waals surface area (Å²) in [5, 5.41) is 0. The lowest BCUT2D eigenvalue weighted by Crippen LogP contribution is -2.23. The summed E-state index contributed by atoms with van der Waals surface area (Å²) in [5.41, 5.74) is 0.742. The number of hydrogen-bond donors (Lipinski definition) is 0. The average molecular weight is 316 g/mol. The van der Waals surface area contributed by atoms with Crippen LogP contribution in [-0.2, 0) is 5.75 Å². The molecule has 0 fully saturated rings. The first-order valence-corrected chi connectivity index (χ1v) is 11.4. The minimum absolute atomic E-state index is 0.0833. The highest BCUT2D eigenvalue weighted by Gasteiger charge is 2.22. The van der Waals surface area contributed by atoms with Crippen molar-refractivity contribution in [2.45, 2.75) is 25.4 Å². The smallest absolute Gasteiger partial charge is 0.186 e. The Bertz CT molecular complexity index is 610. The van der Waals surface area contributed by atoms with Gasteiger partial charge in [-0.05, 0) is 22.7 Å². The van der Waals surface area contributed by atoms with Crippen molar-refractivity contribution < 1.29 is 9.21 Å². The van der Waals surface area contributed by atoms with Crippen LogP contribution >= 0.6 is 11.8 Å². The highest BCUT2D eigenvalue weighted by molar-refractivity contribution is 8.04. The molecule has 0 N–H and O–H groups in total. The second-order valence-electron chi connectivity index (χ2n) is 5.86. The van der Waals surface area contributed by atoms with Crippen molar-refractivity contribution >= 4 is 25.6 Å². The van der Waals surface area contributed by atoms with Gasteiger partial charge in [0, 0.05) is 5.56 Å². The predicted octanol–water partition coefficient (Wildman–Crippen LogP) is 5.16. The second kappa shape index (κ2) is 6.96. The Hall–Kier alpha value is -1.52. The summed E-state index contributed by atoms with van der Waals surface area (Å²) >= 11 is 1.72. The van der Waals surface area contributed by atoms with Crippen LogP contribution < -0.4 is 0 Å². The fraction of sp³-hybridized carbons (Fsp3) is 0.235. The van der Waals surface area contributed by atoms with Crippen LogP contribution in [0.1, 0.15) is 16.1 Å². The number of furan rings is 1. The van der Waals surface area contributed by atoms with Gasteiger partial charge in [-0.15, -0.1) is 11.8 Å². The standard InChI is InChI=1S/C17H20O2SSi/c1-21(2,3)17(20-13-15-10-7-11-19-15)12-16(18)14-8-5-4-6-9-14/h4-12H,13H2,1-3H3/b17-12-. The highest BCUT2D eigenvalue weighted by Crippen LogP contribution is 2.30. The van der Waals surface area contributed by atoms with E-state index in [1.807, 2.05) is 48.5 Å². The van der Waals surface area contributed by atoms with Crippen molar-refractivity contribution in [1.29, 1.82) is 0 Å². The zero-order chi connectivity index (χ0) is 15.3. The summed E-state index contributed by atoms with van der Waals surface area (Å²) in [4.78, 5) is 12.4. The number of thioether (sulfide) groups is 1. The van der Waals surface area contributed by atoms with Gasteiger partial charge in [0.15, 0.2) is 5.78 Å². The first-order valence-electron chi connectivity index (χ1n) is 6.93. The fourth-order valence-corrected chi connectivity index (χ4v) is 4.99. The lowest BCUT2D eigenvalue weighted by Gasteiger charge is -2.20. The molecule has 0 atom stereocenters. The van der Waals surface area contributed by atoms with E-state index in [1.165, 1.54) is 4.53 Å². The average Bonchev–Trinajstić information content (AvgIpc) is 2.96. The van der Waals surface area contributed by atoms with Gasteiger partial charge in [-0.3, -0.25) is 4.79 Å². The van der Waals surface area contributed by atoms with E-state index >= 15 is 0 Å². The van der Waals surface area contributed by atoms with Crippen molar-refractivity contribution in [2.75, 3.05) is 0 Å². The van der Waals surface area contributed by atoms with E-state index in [4.69, 9.17) is 4.42 Å². The van der Waals surface area contributed by atoms with Crippen molar-refractivity contribution in [3.05, 3.63) is 70.7 Å². The van der Waals surface area contributed by atoms with Gasteiger partial charge in [0.1, 0.15) is 5.76 Å². The van der Waals surface area contributed by atoms with E-state index in [1.54, 1.807) is 18.0 Å². The second-order valence-corrected chi connectivity index (χ2v) is 12.3. The molecule has 2 rings (SSSR count). The summed E-state index contributed by atoms with van der Waals surface area (Å²) in [5.74, 6) is 1.79. The third-order valence-electron chi connectivity index (χ3n) is 3.01. The Morgan fingerprint density at radius 3 is 2.43 bits per heavy atom. The number of rotatable bonds is 6. The third-order valence-corrected chi connectivity index (χ3v) is 7.76. The van der Waals surface area contributed by atoms with Gasteiger partial charge in [0.25, 0.3) is 0 Å². The normalized spacial score (nSPS) is 12.4. The summed E-state index contributed by atoms with van der Waals surface area (Å²) in [6, 6.07) is 13.3. The largest absolute Gasteiger partial charge is 0.468 e. The molecule has 0 saturated heterocycles. The molecule has 110 valence electrons. The van der Waals surface area contributed by atoms with Crippen molar-refractivity contribution in [1.82, 2.24) is 0 Å². The van der Waals surface area contributed by atoms with Crippen LogP contribution in [0.25, 0.3) is 0 Å². The van der Waals surface area contributed by atoms with Crippen LogP contribution in [0.15, 0.2) is 63.7 Å². The Balaban J connectivity index is 2.16. The van der Waals surface area contributed by atoms with Gasteiger partial charge in [-0.25, -0.2) is 0 Å². The number of hydrogen-bond acceptors (Lipinski definition) is 3. The summed E-state index contributed by atoms with van der Waals surface area (Å²) in [7, 11) is -1.55. The van der Waals surface area contributed by atoms with Gasteiger partial charge in [0.2, 0.25) is 0 Å². The van der Waals surface area contributed by atoms with Crippen molar-refractivity contribution in [3.8, 4) is 0 Å². The lowest BCUT2D eigenvalue weighted by atomic mass is 10.1. The number of benzene rings is 1. The van der Waals surface area contributed by atoms with Crippen molar-refractivity contribution in [3.63, 3.8) is 0 Å². The van der Waals surface area contributed by atoms with Crippen LogP contribution in [0.4, 0.5) is 0 Å². The third kappa shape index (κ3) is 4.76. The molecule has 0 amide bonds. The maximum absolute atomic E-state index is 12.4. The zero-order valence-corrected chi connectivity index (χ0v) is 14.4. The Morgan fingerprint density at radius 2 is 1.86 bits per heavy atom. The Kier molecular flexibility index (Phi) is 5.26. The summed E-state index contributed by atoms with van der Waals surface area (Å²) in [6.07, 6.45) is 3.50. The van der Waals surface area contributed by atoms with Gasteiger partial charge < -0.3 is 4.42 Å². The summed E-state index contributed by atoms with van der Waals surface area (Å²) < 4.78 is 6.57. The van der Waals surface area contributed by atoms with Crippen LogP contribution in [0.5, 0.6) is 0 Å². The molecule has 0 unspecified atom stereocenters. The molecule has 1 aromatic heterocycles.